The summed E-state index contributed by atoms with van der Waals surface area (Å²) < 4.78 is 0. The second-order valence-electron chi connectivity index (χ2n) is 3.67. The zero-order chi connectivity index (χ0) is 6.27. The van der Waals surface area contributed by atoms with Gasteiger partial charge in [-0.15, -0.1) is 0 Å². The van der Waals surface area contributed by atoms with Crippen LogP contribution in [0.5, 0.6) is 0 Å². The molecule has 2 bridgehead atoms. The Morgan fingerprint density at radius 2 is 1.44 bits per heavy atom. The first-order chi connectivity index (χ1) is 4.34. The van der Waals surface area contributed by atoms with Gasteiger partial charge < -0.3 is 0 Å². The van der Waals surface area contributed by atoms with Gasteiger partial charge >= 0.3 is 0 Å². The van der Waals surface area contributed by atoms with Crippen LogP contribution in [-0.4, -0.2) is 5.25 Å². The van der Waals surface area contributed by atoms with Crippen molar-refractivity contribution in [3.8, 4) is 0 Å². The Labute approximate surface area is 62.4 Å². The van der Waals surface area contributed by atoms with E-state index < -0.39 is 0 Å². The van der Waals surface area contributed by atoms with E-state index in [0.717, 1.165) is 17.1 Å². The molecule has 52 valence electrons. The molecule has 0 N–H and O–H groups in total. The number of hydrogen-bond acceptors (Lipinski definition) is 1. The number of thiol groups is 1. The number of rotatable bonds is 0. The van der Waals surface area contributed by atoms with Gasteiger partial charge in [0.2, 0.25) is 0 Å². The van der Waals surface area contributed by atoms with E-state index in [1.54, 1.807) is 0 Å². The maximum absolute atomic E-state index is 4.52. The molecule has 0 heterocycles. The van der Waals surface area contributed by atoms with Crippen molar-refractivity contribution in [2.24, 2.45) is 11.8 Å². The minimum absolute atomic E-state index is 0.747. The molecule has 1 heteroatoms. The van der Waals surface area contributed by atoms with Crippen LogP contribution >= 0.6 is 12.6 Å². The highest BCUT2D eigenvalue weighted by atomic mass is 32.1. The van der Waals surface area contributed by atoms with Gasteiger partial charge in [-0.2, -0.15) is 12.6 Å². The van der Waals surface area contributed by atoms with Crippen LogP contribution in [0.2, 0.25) is 0 Å². The molecule has 2 aliphatic rings. The van der Waals surface area contributed by atoms with Gasteiger partial charge in [-0.05, 0) is 31.1 Å². The first kappa shape index (κ1) is 6.09. The fourth-order valence-electron chi connectivity index (χ4n) is 2.47. The minimum Gasteiger partial charge on any atom is -0.176 e. The molecule has 0 aromatic rings. The van der Waals surface area contributed by atoms with E-state index in [1.165, 1.54) is 32.1 Å². The van der Waals surface area contributed by atoms with Crippen LogP contribution in [0.3, 0.4) is 0 Å². The monoisotopic (exact) mass is 142 g/mol. The molecule has 0 amide bonds. The molecule has 0 spiro atoms. The molecule has 0 aromatic heterocycles. The van der Waals surface area contributed by atoms with Crippen LogP contribution < -0.4 is 0 Å². The van der Waals surface area contributed by atoms with Crippen molar-refractivity contribution >= 4 is 12.6 Å². The highest BCUT2D eigenvalue weighted by Crippen LogP contribution is 2.43. The summed E-state index contributed by atoms with van der Waals surface area (Å²) in [5.41, 5.74) is 0. The molecule has 1 unspecified atom stereocenters. The molecular formula is C8H14S. The van der Waals surface area contributed by atoms with E-state index >= 15 is 0 Å². The highest BCUT2D eigenvalue weighted by molar-refractivity contribution is 7.80. The molecule has 0 saturated heterocycles. The summed E-state index contributed by atoms with van der Waals surface area (Å²) in [4.78, 5) is 0. The Bertz CT molecular complexity index is 99.1. The summed E-state index contributed by atoms with van der Waals surface area (Å²) in [5, 5.41) is 0.747. The molecule has 2 fully saturated rings. The Balaban J connectivity index is 2.03. The third-order valence-corrected chi connectivity index (χ3v) is 3.28. The van der Waals surface area contributed by atoms with E-state index in [1.807, 2.05) is 0 Å². The summed E-state index contributed by atoms with van der Waals surface area (Å²) in [7, 11) is 0. The lowest BCUT2D eigenvalue weighted by Gasteiger charge is -2.23. The maximum Gasteiger partial charge on any atom is 0.00220 e. The van der Waals surface area contributed by atoms with Gasteiger partial charge in [0.15, 0.2) is 0 Å². The second kappa shape index (κ2) is 2.19. The first-order valence-electron chi connectivity index (χ1n) is 4.02. The number of hydrogen-bond donors (Lipinski definition) is 1. The Kier molecular flexibility index (Phi) is 1.48. The molecule has 2 aliphatic carbocycles. The molecule has 0 nitrogen and oxygen atoms in total. The van der Waals surface area contributed by atoms with Crippen molar-refractivity contribution in [3.05, 3.63) is 0 Å². The van der Waals surface area contributed by atoms with Gasteiger partial charge in [-0.1, -0.05) is 12.8 Å². The van der Waals surface area contributed by atoms with E-state index in [4.69, 9.17) is 0 Å². The van der Waals surface area contributed by atoms with Gasteiger partial charge in [0.1, 0.15) is 0 Å². The molecular weight excluding hydrogens is 128 g/mol. The molecule has 3 atom stereocenters. The molecule has 2 saturated carbocycles. The van der Waals surface area contributed by atoms with Crippen LogP contribution in [0.4, 0.5) is 0 Å². The standard InChI is InChI=1S/C8H14S/c9-8-4-6-1-2-7(3-6)5-8/h6-9H,1-5H2/t6-,7+,8?. The van der Waals surface area contributed by atoms with E-state index in [9.17, 15) is 0 Å². The zero-order valence-corrected chi connectivity index (χ0v) is 6.61. The molecule has 0 aromatic carbocycles. The predicted molar refractivity (Wildman–Crippen MR) is 42.8 cm³/mol. The Morgan fingerprint density at radius 1 is 0.889 bits per heavy atom. The van der Waals surface area contributed by atoms with Crippen LogP contribution in [0, 0.1) is 11.8 Å². The summed E-state index contributed by atoms with van der Waals surface area (Å²) in [6.07, 6.45) is 7.33. The number of fused-ring (bicyclic) bond motifs is 2. The van der Waals surface area contributed by atoms with Crippen molar-refractivity contribution in [2.75, 3.05) is 0 Å². The molecule has 0 aliphatic heterocycles. The summed E-state index contributed by atoms with van der Waals surface area (Å²) >= 11 is 4.52. The lowest BCUT2D eigenvalue weighted by Crippen LogP contribution is -2.15. The smallest absolute Gasteiger partial charge is 0.00220 e. The van der Waals surface area contributed by atoms with Crippen molar-refractivity contribution in [1.82, 2.24) is 0 Å². The van der Waals surface area contributed by atoms with Gasteiger partial charge in [0.25, 0.3) is 0 Å². The fourth-order valence-corrected chi connectivity index (χ4v) is 3.07. The highest BCUT2D eigenvalue weighted by Gasteiger charge is 2.32. The fraction of sp³-hybridized carbons (Fsp3) is 1.00. The summed E-state index contributed by atoms with van der Waals surface area (Å²) in [5.74, 6) is 2.12. The van der Waals surface area contributed by atoms with Gasteiger partial charge in [-0.25, -0.2) is 0 Å². The van der Waals surface area contributed by atoms with E-state index in [-0.39, 0.29) is 0 Å². The Morgan fingerprint density at radius 3 is 2.00 bits per heavy atom. The van der Waals surface area contributed by atoms with Gasteiger partial charge in [0.05, 0.1) is 0 Å². The van der Waals surface area contributed by atoms with Crippen molar-refractivity contribution in [3.63, 3.8) is 0 Å². The first-order valence-corrected chi connectivity index (χ1v) is 4.54. The second-order valence-corrected chi connectivity index (χ2v) is 4.40. The normalized spacial score (nSPS) is 49.7. The van der Waals surface area contributed by atoms with Gasteiger partial charge in [-0.3, -0.25) is 0 Å². The average molecular weight is 142 g/mol. The SMILES string of the molecule is SC1C[C@H]2CC[C@@H](C1)C2. The molecule has 0 radical (unpaired) electrons. The van der Waals surface area contributed by atoms with Crippen molar-refractivity contribution in [2.45, 2.75) is 37.4 Å². The Hall–Kier alpha value is 0.350. The quantitative estimate of drug-likeness (QED) is 0.494. The third kappa shape index (κ3) is 1.12. The van der Waals surface area contributed by atoms with Crippen molar-refractivity contribution < 1.29 is 0 Å². The third-order valence-electron chi connectivity index (χ3n) is 2.86. The van der Waals surface area contributed by atoms with Gasteiger partial charge in [0, 0.05) is 5.25 Å². The summed E-state index contributed by atoms with van der Waals surface area (Å²) in [6.45, 7) is 0. The summed E-state index contributed by atoms with van der Waals surface area (Å²) in [6, 6.07) is 0. The largest absolute Gasteiger partial charge is 0.176 e. The minimum atomic E-state index is 0.747. The van der Waals surface area contributed by atoms with Crippen molar-refractivity contribution in [1.29, 1.82) is 0 Å². The average Bonchev–Trinajstić information content (AvgIpc) is 2.11. The predicted octanol–water partition coefficient (Wildman–Crippen LogP) is 2.49. The maximum atomic E-state index is 4.52. The van der Waals surface area contributed by atoms with Crippen LogP contribution in [0.15, 0.2) is 0 Å². The molecule has 2 rings (SSSR count). The lowest BCUT2D eigenvalue weighted by molar-refractivity contribution is 0.369. The molecule has 9 heavy (non-hydrogen) atoms. The zero-order valence-electron chi connectivity index (χ0n) is 5.71. The van der Waals surface area contributed by atoms with Crippen LogP contribution in [0.1, 0.15) is 32.1 Å². The van der Waals surface area contributed by atoms with E-state index in [0.29, 0.717) is 0 Å². The topological polar surface area (TPSA) is 0 Å². The lowest BCUT2D eigenvalue weighted by atomic mass is 9.89. The van der Waals surface area contributed by atoms with Crippen LogP contribution in [-0.2, 0) is 0 Å². The van der Waals surface area contributed by atoms with E-state index in [2.05, 4.69) is 12.6 Å². The van der Waals surface area contributed by atoms with Crippen LogP contribution in [0.25, 0.3) is 0 Å².